The fourth-order valence-electron chi connectivity index (χ4n) is 1.83. The van der Waals surface area contributed by atoms with Crippen LogP contribution in [0.2, 0.25) is 0 Å². The number of primary amides is 1. The van der Waals surface area contributed by atoms with E-state index in [0.29, 0.717) is 11.3 Å². The van der Waals surface area contributed by atoms with Gasteiger partial charge in [-0.05, 0) is 18.2 Å². The molecule has 7 nitrogen and oxygen atoms in total. The van der Waals surface area contributed by atoms with Crippen molar-refractivity contribution in [2.75, 3.05) is 5.73 Å². The first-order valence-electron chi connectivity index (χ1n) is 5.53. The van der Waals surface area contributed by atoms with Crippen LogP contribution in [0.1, 0.15) is 10.5 Å². The fourth-order valence-corrected chi connectivity index (χ4v) is 1.83. The Bertz CT molecular complexity index is 779. The number of fused-ring (bicyclic) bond motifs is 1. The van der Waals surface area contributed by atoms with Gasteiger partial charge in [0.1, 0.15) is 5.69 Å². The average molecular weight is 254 g/mol. The molecule has 2 heterocycles. The number of benzene rings is 1. The maximum Gasteiger partial charge on any atom is 0.269 e. The summed E-state index contributed by atoms with van der Waals surface area (Å²) in [5, 5.41) is 4.86. The Morgan fingerprint density at radius 2 is 1.95 bits per heavy atom. The van der Waals surface area contributed by atoms with Crippen LogP contribution in [-0.4, -0.2) is 25.7 Å². The zero-order valence-corrected chi connectivity index (χ0v) is 9.82. The first-order chi connectivity index (χ1) is 9.15. The number of para-hydroxylation sites is 1. The molecule has 19 heavy (non-hydrogen) atoms. The molecular formula is C12H10N6O. The molecule has 3 aromatic rings. The third-order valence-corrected chi connectivity index (χ3v) is 2.66. The van der Waals surface area contributed by atoms with Gasteiger partial charge in [-0.2, -0.15) is 10.1 Å². The van der Waals surface area contributed by atoms with E-state index in [1.165, 1.54) is 10.7 Å². The van der Waals surface area contributed by atoms with E-state index in [0.717, 1.165) is 5.39 Å². The lowest BCUT2D eigenvalue weighted by molar-refractivity contribution is 0.0995. The summed E-state index contributed by atoms with van der Waals surface area (Å²) in [4.78, 5) is 19.4. The Balaban J connectivity index is 2.26. The van der Waals surface area contributed by atoms with Crippen LogP contribution >= 0.6 is 0 Å². The SMILES string of the molecule is NC(=O)c1ccn(-c2nc(N)nc3ccccc23)n1. The molecule has 0 bridgehead atoms. The van der Waals surface area contributed by atoms with E-state index in [4.69, 9.17) is 11.5 Å². The van der Waals surface area contributed by atoms with Gasteiger partial charge in [-0.25, -0.2) is 9.67 Å². The standard InChI is InChI=1S/C12H10N6O/c13-10(19)9-5-6-18(17-9)11-7-3-1-2-4-8(7)15-12(14)16-11/h1-6H,(H2,13,19)(H2,14,15,16). The van der Waals surface area contributed by atoms with Gasteiger partial charge in [-0.1, -0.05) is 12.1 Å². The van der Waals surface area contributed by atoms with E-state index in [9.17, 15) is 4.79 Å². The normalized spacial score (nSPS) is 10.7. The topological polar surface area (TPSA) is 113 Å². The van der Waals surface area contributed by atoms with Gasteiger partial charge in [0.2, 0.25) is 5.95 Å². The highest BCUT2D eigenvalue weighted by atomic mass is 16.1. The van der Waals surface area contributed by atoms with Crippen LogP contribution in [0.5, 0.6) is 0 Å². The maximum atomic E-state index is 11.1. The van der Waals surface area contributed by atoms with Gasteiger partial charge >= 0.3 is 0 Å². The van der Waals surface area contributed by atoms with Crippen molar-refractivity contribution in [1.82, 2.24) is 19.7 Å². The van der Waals surface area contributed by atoms with Crippen LogP contribution in [0.3, 0.4) is 0 Å². The van der Waals surface area contributed by atoms with Crippen LogP contribution in [-0.2, 0) is 0 Å². The molecule has 0 unspecified atom stereocenters. The number of carbonyl (C=O) groups is 1. The molecule has 94 valence electrons. The van der Waals surface area contributed by atoms with E-state index in [2.05, 4.69) is 15.1 Å². The lowest BCUT2D eigenvalue weighted by Crippen LogP contribution is -2.12. The van der Waals surface area contributed by atoms with Crippen molar-refractivity contribution >= 4 is 22.8 Å². The number of carbonyl (C=O) groups excluding carboxylic acids is 1. The first-order valence-corrected chi connectivity index (χ1v) is 5.53. The fraction of sp³-hybridized carbons (Fsp3) is 0. The molecule has 0 aliphatic heterocycles. The number of anilines is 1. The second kappa shape index (κ2) is 4.05. The van der Waals surface area contributed by atoms with Crippen molar-refractivity contribution in [3.63, 3.8) is 0 Å². The second-order valence-electron chi connectivity index (χ2n) is 3.93. The minimum absolute atomic E-state index is 0.143. The van der Waals surface area contributed by atoms with E-state index in [1.54, 1.807) is 6.20 Å². The molecule has 0 radical (unpaired) electrons. The van der Waals surface area contributed by atoms with E-state index in [-0.39, 0.29) is 11.6 Å². The first kappa shape index (κ1) is 11.1. The Morgan fingerprint density at radius 1 is 1.16 bits per heavy atom. The summed E-state index contributed by atoms with van der Waals surface area (Å²) >= 11 is 0. The number of nitrogens with two attached hydrogens (primary N) is 2. The number of nitrogen functional groups attached to an aromatic ring is 1. The third kappa shape index (κ3) is 1.86. The van der Waals surface area contributed by atoms with Crippen LogP contribution in [0, 0.1) is 0 Å². The monoisotopic (exact) mass is 254 g/mol. The minimum atomic E-state index is -0.593. The van der Waals surface area contributed by atoms with E-state index >= 15 is 0 Å². The zero-order chi connectivity index (χ0) is 13.4. The molecule has 0 saturated heterocycles. The highest BCUT2D eigenvalue weighted by molar-refractivity contribution is 5.91. The zero-order valence-electron chi connectivity index (χ0n) is 9.82. The van der Waals surface area contributed by atoms with Gasteiger partial charge < -0.3 is 11.5 Å². The number of amides is 1. The van der Waals surface area contributed by atoms with Gasteiger partial charge in [-0.3, -0.25) is 4.79 Å². The summed E-state index contributed by atoms with van der Waals surface area (Å²) in [6.45, 7) is 0. The second-order valence-corrected chi connectivity index (χ2v) is 3.93. The quantitative estimate of drug-likeness (QED) is 0.691. The van der Waals surface area contributed by atoms with Crippen molar-refractivity contribution in [2.24, 2.45) is 5.73 Å². The van der Waals surface area contributed by atoms with Crippen LogP contribution in [0.25, 0.3) is 16.7 Å². The van der Waals surface area contributed by atoms with Gasteiger partial charge in [0, 0.05) is 11.6 Å². The lowest BCUT2D eigenvalue weighted by atomic mass is 10.2. The van der Waals surface area contributed by atoms with Crippen molar-refractivity contribution < 1.29 is 4.79 Å². The van der Waals surface area contributed by atoms with Crippen LogP contribution in [0.15, 0.2) is 36.5 Å². The Kier molecular flexibility index (Phi) is 2.38. The molecule has 1 aromatic carbocycles. The molecule has 4 N–H and O–H groups in total. The maximum absolute atomic E-state index is 11.1. The van der Waals surface area contributed by atoms with Gasteiger partial charge in [0.25, 0.3) is 5.91 Å². The van der Waals surface area contributed by atoms with Crippen LogP contribution in [0.4, 0.5) is 5.95 Å². The summed E-state index contributed by atoms with van der Waals surface area (Å²) < 4.78 is 1.46. The van der Waals surface area contributed by atoms with E-state index in [1.807, 2.05) is 24.3 Å². The predicted octanol–water partition coefficient (Wildman–Crippen LogP) is 0.497. The summed E-state index contributed by atoms with van der Waals surface area (Å²) in [5.41, 5.74) is 11.7. The molecule has 0 aliphatic rings. The van der Waals surface area contributed by atoms with Crippen molar-refractivity contribution in [3.8, 4) is 5.82 Å². The van der Waals surface area contributed by atoms with Gasteiger partial charge in [-0.15, -0.1) is 0 Å². The molecule has 0 atom stereocenters. The average Bonchev–Trinajstić information content (AvgIpc) is 2.87. The Hall–Kier alpha value is -2.96. The van der Waals surface area contributed by atoms with Gasteiger partial charge in [0.05, 0.1) is 5.52 Å². The summed E-state index contributed by atoms with van der Waals surface area (Å²) in [7, 11) is 0. The number of rotatable bonds is 2. The van der Waals surface area contributed by atoms with Crippen molar-refractivity contribution in [1.29, 1.82) is 0 Å². The molecule has 7 heteroatoms. The molecule has 0 saturated carbocycles. The number of nitrogens with zero attached hydrogens (tertiary/aromatic N) is 4. The summed E-state index contributed by atoms with van der Waals surface area (Å²) in [6.07, 6.45) is 1.61. The largest absolute Gasteiger partial charge is 0.368 e. The van der Waals surface area contributed by atoms with Crippen molar-refractivity contribution in [3.05, 3.63) is 42.2 Å². The Labute approximate surface area is 107 Å². The van der Waals surface area contributed by atoms with E-state index < -0.39 is 5.91 Å². The molecule has 0 spiro atoms. The number of aromatic nitrogens is 4. The number of hydrogen-bond acceptors (Lipinski definition) is 5. The highest BCUT2D eigenvalue weighted by Gasteiger charge is 2.11. The number of hydrogen-bond donors (Lipinski definition) is 2. The van der Waals surface area contributed by atoms with Crippen LogP contribution < -0.4 is 11.5 Å². The van der Waals surface area contributed by atoms with Crippen molar-refractivity contribution in [2.45, 2.75) is 0 Å². The molecular weight excluding hydrogens is 244 g/mol. The predicted molar refractivity (Wildman–Crippen MR) is 69.6 cm³/mol. The molecule has 1 amide bonds. The third-order valence-electron chi connectivity index (χ3n) is 2.66. The summed E-state index contributed by atoms with van der Waals surface area (Å²) in [5.74, 6) is 0.0607. The minimum Gasteiger partial charge on any atom is -0.368 e. The molecule has 0 aliphatic carbocycles. The smallest absolute Gasteiger partial charge is 0.269 e. The molecule has 2 aromatic heterocycles. The lowest BCUT2D eigenvalue weighted by Gasteiger charge is -2.05. The Morgan fingerprint density at radius 3 is 2.68 bits per heavy atom. The molecule has 3 rings (SSSR count). The highest BCUT2D eigenvalue weighted by Crippen LogP contribution is 2.19. The molecule has 0 fully saturated rings. The summed E-state index contributed by atoms with van der Waals surface area (Å²) in [6, 6.07) is 8.93. The van der Waals surface area contributed by atoms with Gasteiger partial charge in [0.15, 0.2) is 5.82 Å².